The zero-order chi connectivity index (χ0) is 13.9. The van der Waals surface area contributed by atoms with E-state index in [1.807, 2.05) is 17.5 Å². The molecular weight excluding hydrogens is 270 g/mol. The summed E-state index contributed by atoms with van der Waals surface area (Å²) in [4.78, 5) is 5.63. The van der Waals surface area contributed by atoms with Gasteiger partial charge in [-0.25, -0.2) is 0 Å². The molecule has 3 atom stereocenters. The SMILES string of the molecule is CCC1CCCC(c2noc(C(N)c3cccs3)n2)C1. The lowest BCUT2D eigenvalue weighted by Gasteiger charge is -2.26. The number of thiophene rings is 1. The smallest absolute Gasteiger partial charge is 0.248 e. The van der Waals surface area contributed by atoms with Crippen LogP contribution in [0.5, 0.6) is 0 Å². The Bertz CT molecular complexity index is 537. The molecule has 2 aromatic rings. The van der Waals surface area contributed by atoms with Crippen LogP contribution in [0, 0.1) is 5.92 Å². The van der Waals surface area contributed by atoms with Crippen molar-refractivity contribution in [2.75, 3.05) is 0 Å². The van der Waals surface area contributed by atoms with E-state index in [9.17, 15) is 0 Å². The third kappa shape index (κ3) is 2.79. The molecule has 108 valence electrons. The maximum atomic E-state index is 6.17. The van der Waals surface area contributed by atoms with Crippen molar-refractivity contribution in [1.29, 1.82) is 0 Å². The number of aromatic nitrogens is 2. The molecule has 3 unspecified atom stereocenters. The minimum atomic E-state index is -0.290. The van der Waals surface area contributed by atoms with Crippen molar-refractivity contribution in [2.45, 2.75) is 51.0 Å². The summed E-state index contributed by atoms with van der Waals surface area (Å²) in [5.74, 6) is 2.65. The van der Waals surface area contributed by atoms with Crippen molar-refractivity contribution in [2.24, 2.45) is 11.7 Å². The van der Waals surface area contributed by atoms with Crippen LogP contribution in [-0.2, 0) is 0 Å². The standard InChI is InChI=1S/C15H21N3OS/c1-2-10-5-3-6-11(9-10)14-17-15(19-18-14)13(16)12-7-4-8-20-12/h4,7-8,10-11,13H,2-3,5-6,9,16H2,1H3. The highest BCUT2D eigenvalue weighted by atomic mass is 32.1. The zero-order valence-electron chi connectivity index (χ0n) is 11.8. The van der Waals surface area contributed by atoms with Gasteiger partial charge in [0.2, 0.25) is 5.89 Å². The summed E-state index contributed by atoms with van der Waals surface area (Å²) in [6.07, 6.45) is 6.21. The van der Waals surface area contributed by atoms with Crippen molar-refractivity contribution in [3.8, 4) is 0 Å². The number of hydrogen-bond acceptors (Lipinski definition) is 5. The summed E-state index contributed by atoms with van der Waals surface area (Å²) < 4.78 is 5.39. The van der Waals surface area contributed by atoms with Gasteiger partial charge in [-0.2, -0.15) is 4.98 Å². The van der Waals surface area contributed by atoms with Gasteiger partial charge in [0.25, 0.3) is 0 Å². The van der Waals surface area contributed by atoms with Crippen LogP contribution in [0.25, 0.3) is 0 Å². The van der Waals surface area contributed by atoms with E-state index in [4.69, 9.17) is 10.3 Å². The summed E-state index contributed by atoms with van der Waals surface area (Å²) in [6.45, 7) is 2.27. The van der Waals surface area contributed by atoms with Crippen LogP contribution in [0.3, 0.4) is 0 Å². The Morgan fingerprint density at radius 3 is 3.15 bits per heavy atom. The van der Waals surface area contributed by atoms with Gasteiger partial charge in [-0.05, 0) is 30.2 Å². The van der Waals surface area contributed by atoms with Crippen molar-refractivity contribution in [3.63, 3.8) is 0 Å². The molecule has 1 aliphatic carbocycles. The van der Waals surface area contributed by atoms with Crippen LogP contribution >= 0.6 is 11.3 Å². The number of rotatable bonds is 4. The quantitative estimate of drug-likeness (QED) is 0.929. The summed E-state index contributed by atoms with van der Waals surface area (Å²) in [7, 11) is 0. The number of hydrogen-bond donors (Lipinski definition) is 1. The molecule has 5 heteroatoms. The Kier molecular flexibility index (Phi) is 4.17. The van der Waals surface area contributed by atoms with E-state index in [0.29, 0.717) is 11.8 Å². The molecule has 1 fully saturated rings. The van der Waals surface area contributed by atoms with Gasteiger partial charge >= 0.3 is 0 Å². The van der Waals surface area contributed by atoms with Gasteiger partial charge in [-0.3, -0.25) is 0 Å². The van der Waals surface area contributed by atoms with Crippen LogP contribution in [-0.4, -0.2) is 10.1 Å². The van der Waals surface area contributed by atoms with Crippen molar-refractivity contribution in [3.05, 3.63) is 34.1 Å². The fraction of sp³-hybridized carbons (Fsp3) is 0.600. The molecule has 0 amide bonds. The lowest BCUT2D eigenvalue weighted by atomic mass is 9.80. The molecule has 3 rings (SSSR count). The molecule has 20 heavy (non-hydrogen) atoms. The second-order valence-corrected chi connectivity index (χ2v) is 6.60. The first-order chi connectivity index (χ1) is 9.78. The molecule has 1 aliphatic rings. The fourth-order valence-electron chi connectivity index (χ4n) is 3.03. The molecule has 0 bridgehead atoms. The summed E-state index contributed by atoms with van der Waals surface area (Å²) in [5, 5.41) is 6.19. The monoisotopic (exact) mass is 291 g/mol. The van der Waals surface area contributed by atoms with E-state index >= 15 is 0 Å². The van der Waals surface area contributed by atoms with Crippen molar-refractivity contribution < 1.29 is 4.52 Å². The van der Waals surface area contributed by atoms with Crippen LogP contribution < -0.4 is 5.73 Å². The Morgan fingerprint density at radius 2 is 2.40 bits per heavy atom. The topological polar surface area (TPSA) is 64.9 Å². The lowest BCUT2D eigenvalue weighted by molar-refractivity contribution is 0.297. The first kappa shape index (κ1) is 13.8. The van der Waals surface area contributed by atoms with E-state index in [2.05, 4.69) is 17.1 Å². The summed E-state index contributed by atoms with van der Waals surface area (Å²) in [6, 6.07) is 3.71. The molecular formula is C15H21N3OS. The minimum Gasteiger partial charge on any atom is -0.337 e. The Labute approximate surface area is 123 Å². The van der Waals surface area contributed by atoms with Gasteiger partial charge in [0.15, 0.2) is 5.82 Å². The van der Waals surface area contributed by atoms with Gasteiger partial charge in [0.05, 0.1) is 0 Å². The number of nitrogens with zero attached hydrogens (tertiary/aromatic N) is 2. The molecule has 0 spiro atoms. The highest BCUT2D eigenvalue weighted by Gasteiger charge is 2.27. The van der Waals surface area contributed by atoms with Crippen LogP contribution in [0.2, 0.25) is 0 Å². The van der Waals surface area contributed by atoms with Gasteiger partial charge in [0.1, 0.15) is 6.04 Å². The van der Waals surface area contributed by atoms with Crippen LogP contribution in [0.15, 0.2) is 22.0 Å². The van der Waals surface area contributed by atoms with Gasteiger partial charge in [-0.15, -0.1) is 11.3 Å². The van der Waals surface area contributed by atoms with Gasteiger partial charge in [0, 0.05) is 10.8 Å². The maximum absolute atomic E-state index is 6.17. The molecule has 0 aromatic carbocycles. The highest BCUT2D eigenvalue weighted by molar-refractivity contribution is 7.10. The molecule has 0 radical (unpaired) electrons. The molecule has 0 saturated heterocycles. The maximum Gasteiger partial charge on any atom is 0.248 e. The van der Waals surface area contributed by atoms with Gasteiger partial charge in [-0.1, -0.05) is 37.4 Å². The zero-order valence-corrected chi connectivity index (χ0v) is 12.6. The second kappa shape index (κ2) is 6.06. The average molecular weight is 291 g/mol. The van der Waals surface area contributed by atoms with E-state index in [-0.39, 0.29) is 6.04 Å². The Hall–Kier alpha value is -1.20. The van der Waals surface area contributed by atoms with E-state index in [1.54, 1.807) is 11.3 Å². The minimum absolute atomic E-state index is 0.290. The van der Waals surface area contributed by atoms with Gasteiger partial charge < -0.3 is 10.3 Å². The molecule has 4 nitrogen and oxygen atoms in total. The third-order valence-corrected chi connectivity index (χ3v) is 5.25. The summed E-state index contributed by atoms with van der Waals surface area (Å²) in [5.41, 5.74) is 6.17. The molecule has 2 N–H and O–H groups in total. The fourth-order valence-corrected chi connectivity index (χ4v) is 3.74. The second-order valence-electron chi connectivity index (χ2n) is 5.62. The number of nitrogens with two attached hydrogens (primary N) is 1. The molecule has 2 heterocycles. The molecule has 1 saturated carbocycles. The molecule has 2 aromatic heterocycles. The predicted octanol–water partition coefficient (Wildman–Crippen LogP) is 3.86. The first-order valence-electron chi connectivity index (χ1n) is 7.40. The predicted molar refractivity (Wildman–Crippen MR) is 79.6 cm³/mol. The first-order valence-corrected chi connectivity index (χ1v) is 8.28. The van der Waals surface area contributed by atoms with E-state index in [0.717, 1.165) is 16.6 Å². The summed E-state index contributed by atoms with van der Waals surface area (Å²) >= 11 is 1.62. The average Bonchev–Trinajstić information content (AvgIpc) is 3.18. The Balaban J connectivity index is 1.73. The third-order valence-electron chi connectivity index (χ3n) is 4.30. The van der Waals surface area contributed by atoms with E-state index < -0.39 is 0 Å². The largest absolute Gasteiger partial charge is 0.337 e. The van der Waals surface area contributed by atoms with Crippen molar-refractivity contribution in [1.82, 2.24) is 10.1 Å². The lowest BCUT2D eigenvalue weighted by Crippen LogP contribution is -2.15. The van der Waals surface area contributed by atoms with E-state index in [1.165, 1.54) is 32.1 Å². The normalized spacial score (nSPS) is 24.7. The van der Waals surface area contributed by atoms with Crippen LogP contribution in [0.1, 0.15) is 67.6 Å². The Morgan fingerprint density at radius 1 is 1.50 bits per heavy atom. The highest BCUT2D eigenvalue weighted by Crippen LogP contribution is 2.36. The molecule has 0 aliphatic heterocycles. The van der Waals surface area contributed by atoms with Crippen LogP contribution in [0.4, 0.5) is 0 Å². The van der Waals surface area contributed by atoms with Crippen molar-refractivity contribution >= 4 is 11.3 Å².